The highest BCUT2D eigenvalue weighted by molar-refractivity contribution is 5.41. The first-order chi connectivity index (χ1) is 9.90. The summed E-state index contributed by atoms with van der Waals surface area (Å²) in [5.74, 6) is 0.869. The third kappa shape index (κ3) is 2.03. The van der Waals surface area contributed by atoms with Gasteiger partial charge in [0.2, 0.25) is 5.82 Å². The Balaban J connectivity index is 1.61. The molecule has 5 rings (SSSR count). The Morgan fingerprint density at radius 2 is 1.80 bits per heavy atom. The number of aromatic nitrogens is 4. The number of hydrogen-bond donors (Lipinski definition) is 0. The van der Waals surface area contributed by atoms with Crippen molar-refractivity contribution in [3.05, 3.63) is 18.5 Å². The molecule has 20 heavy (non-hydrogen) atoms. The van der Waals surface area contributed by atoms with Crippen LogP contribution in [0.5, 0.6) is 0 Å². The zero-order valence-corrected chi connectivity index (χ0v) is 11.1. The molecular weight excluding hydrogens is 256 g/mol. The Morgan fingerprint density at radius 1 is 1.00 bits per heavy atom. The fourth-order valence-corrected chi connectivity index (χ4v) is 2.97. The molecule has 2 aromatic heterocycles. The van der Waals surface area contributed by atoms with Gasteiger partial charge in [-0.25, -0.2) is 9.97 Å². The zero-order chi connectivity index (χ0) is 13.4. The molecule has 3 saturated heterocycles. The Morgan fingerprint density at radius 3 is 2.60 bits per heavy atom. The van der Waals surface area contributed by atoms with E-state index in [9.17, 15) is 0 Å². The standard InChI is InChI=1S/C13H16N6O/c1-4-14-11(15-5-1)12-16-17-13(20-12)19-9-8-18-6-2-10(19)3-7-18/h1,4-5,10H,2-3,6-9H2. The van der Waals surface area contributed by atoms with Gasteiger partial charge in [-0.15, -0.1) is 5.10 Å². The van der Waals surface area contributed by atoms with Gasteiger partial charge in [0.15, 0.2) is 0 Å². The zero-order valence-electron chi connectivity index (χ0n) is 11.1. The highest BCUT2D eigenvalue weighted by Crippen LogP contribution is 2.27. The normalized spacial score (nSPS) is 25.7. The number of anilines is 1. The van der Waals surface area contributed by atoms with Crippen LogP contribution in [0.4, 0.5) is 6.01 Å². The molecule has 0 radical (unpaired) electrons. The van der Waals surface area contributed by atoms with Crippen molar-refractivity contribution in [3.8, 4) is 11.7 Å². The fraction of sp³-hybridized carbons (Fsp3) is 0.538. The molecule has 104 valence electrons. The molecule has 0 atom stereocenters. The summed E-state index contributed by atoms with van der Waals surface area (Å²) >= 11 is 0. The molecule has 0 amide bonds. The highest BCUT2D eigenvalue weighted by Gasteiger charge is 2.32. The third-order valence-electron chi connectivity index (χ3n) is 4.07. The number of rotatable bonds is 2. The van der Waals surface area contributed by atoms with Crippen molar-refractivity contribution in [2.45, 2.75) is 18.9 Å². The molecule has 7 nitrogen and oxygen atoms in total. The summed E-state index contributed by atoms with van der Waals surface area (Å²) in [7, 11) is 0. The minimum absolute atomic E-state index is 0.389. The van der Waals surface area contributed by atoms with Crippen LogP contribution in [-0.2, 0) is 0 Å². The van der Waals surface area contributed by atoms with Gasteiger partial charge in [-0.3, -0.25) is 0 Å². The van der Waals surface area contributed by atoms with Crippen LogP contribution in [0.3, 0.4) is 0 Å². The Hall–Kier alpha value is -2.02. The Bertz CT molecular complexity index is 578. The molecule has 0 aromatic carbocycles. The average molecular weight is 272 g/mol. The molecule has 0 N–H and O–H groups in total. The van der Waals surface area contributed by atoms with E-state index in [2.05, 4.69) is 30.0 Å². The lowest BCUT2D eigenvalue weighted by atomic mass is 10.1. The van der Waals surface area contributed by atoms with Crippen LogP contribution in [0, 0.1) is 0 Å². The lowest BCUT2D eigenvalue weighted by molar-refractivity contribution is 0.249. The monoisotopic (exact) mass is 272 g/mol. The van der Waals surface area contributed by atoms with Crippen molar-refractivity contribution in [3.63, 3.8) is 0 Å². The van der Waals surface area contributed by atoms with Crippen molar-refractivity contribution in [2.75, 3.05) is 31.1 Å². The van der Waals surface area contributed by atoms with E-state index in [4.69, 9.17) is 4.42 Å². The SMILES string of the molecule is c1cnc(-c2nnc(N3CCN4CCC3CC4)o2)nc1. The van der Waals surface area contributed by atoms with Crippen LogP contribution < -0.4 is 4.90 Å². The van der Waals surface area contributed by atoms with Crippen LogP contribution in [0.1, 0.15) is 12.8 Å². The molecule has 7 heteroatoms. The summed E-state index contributed by atoms with van der Waals surface area (Å²) in [4.78, 5) is 13.0. The Kier molecular flexibility index (Phi) is 2.84. The summed E-state index contributed by atoms with van der Waals surface area (Å²) in [6, 6.07) is 2.88. The smallest absolute Gasteiger partial charge is 0.318 e. The van der Waals surface area contributed by atoms with Crippen molar-refractivity contribution >= 4 is 6.01 Å². The number of piperidine rings is 1. The average Bonchev–Trinajstić information content (AvgIpc) is 2.81. The lowest BCUT2D eigenvalue weighted by Gasteiger charge is -2.29. The van der Waals surface area contributed by atoms with E-state index in [0.717, 1.165) is 13.1 Å². The summed E-state index contributed by atoms with van der Waals surface area (Å²) in [6.07, 6.45) is 5.68. The first kappa shape index (κ1) is 11.8. The van der Waals surface area contributed by atoms with Gasteiger partial charge >= 0.3 is 6.01 Å². The quantitative estimate of drug-likeness (QED) is 0.801. The molecule has 2 aromatic rings. The first-order valence-corrected chi connectivity index (χ1v) is 7.00. The van der Waals surface area contributed by atoms with Crippen LogP contribution in [-0.4, -0.2) is 57.3 Å². The van der Waals surface area contributed by atoms with Gasteiger partial charge in [0.1, 0.15) is 0 Å². The summed E-state index contributed by atoms with van der Waals surface area (Å²) in [5, 5.41) is 8.26. The van der Waals surface area contributed by atoms with E-state index >= 15 is 0 Å². The molecule has 0 saturated carbocycles. The number of fused-ring (bicyclic) bond motifs is 4. The van der Waals surface area contributed by atoms with Crippen LogP contribution in [0.2, 0.25) is 0 Å². The van der Waals surface area contributed by atoms with Gasteiger partial charge in [-0.2, -0.15) is 0 Å². The second kappa shape index (κ2) is 4.82. The van der Waals surface area contributed by atoms with E-state index in [-0.39, 0.29) is 0 Å². The first-order valence-electron chi connectivity index (χ1n) is 7.00. The third-order valence-corrected chi connectivity index (χ3v) is 4.07. The molecule has 0 spiro atoms. The maximum atomic E-state index is 5.78. The molecule has 0 unspecified atom stereocenters. The van der Waals surface area contributed by atoms with Gasteiger partial charge in [0.25, 0.3) is 5.89 Å². The highest BCUT2D eigenvalue weighted by atomic mass is 16.4. The molecular formula is C13H16N6O. The number of hydrogen-bond acceptors (Lipinski definition) is 7. The van der Waals surface area contributed by atoms with E-state index in [0.29, 0.717) is 23.8 Å². The van der Waals surface area contributed by atoms with Gasteiger partial charge < -0.3 is 14.2 Å². The minimum atomic E-state index is 0.389. The predicted octanol–water partition coefficient (Wildman–Crippen LogP) is 0.811. The molecule has 3 fully saturated rings. The molecule has 2 bridgehead atoms. The molecule has 3 aliphatic rings. The lowest BCUT2D eigenvalue weighted by Crippen LogP contribution is -2.38. The number of nitrogens with zero attached hydrogens (tertiary/aromatic N) is 6. The van der Waals surface area contributed by atoms with E-state index < -0.39 is 0 Å². The van der Waals surface area contributed by atoms with Crippen molar-refractivity contribution in [2.24, 2.45) is 0 Å². The summed E-state index contributed by atoms with van der Waals surface area (Å²) in [5.41, 5.74) is 0. The van der Waals surface area contributed by atoms with Crippen molar-refractivity contribution < 1.29 is 4.42 Å². The second-order valence-electron chi connectivity index (χ2n) is 5.23. The Labute approximate surface area is 116 Å². The second-order valence-corrected chi connectivity index (χ2v) is 5.23. The maximum absolute atomic E-state index is 5.78. The van der Waals surface area contributed by atoms with Crippen LogP contribution in [0.15, 0.2) is 22.9 Å². The largest absolute Gasteiger partial charge is 0.400 e. The van der Waals surface area contributed by atoms with Crippen molar-refractivity contribution in [1.82, 2.24) is 25.1 Å². The van der Waals surface area contributed by atoms with Crippen molar-refractivity contribution in [1.29, 1.82) is 0 Å². The van der Waals surface area contributed by atoms with E-state index in [1.165, 1.54) is 25.9 Å². The molecule has 0 aliphatic carbocycles. The minimum Gasteiger partial charge on any atom is -0.400 e. The molecule has 3 aliphatic heterocycles. The summed E-state index contributed by atoms with van der Waals surface area (Å²) < 4.78 is 5.78. The van der Waals surface area contributed by atoms with Crippen LogP contribution >= 0.6 is 0 Å². The van der Waals surface area contributed by atoms with Gasteiger partial charge in [-0.1, -0.05) is 5.10 Å². The van der Waals surface area contributed by atoms with Gasteiger partial charge in [-0.05, 0) is 18.9 Å². The van der Waals surface area contributed by atoms with Gasteiger partial charge in [0.05, 0.1) is 0 Å². The van der Waals surface area contributed by atoms with Gasteiger partial charge in [0, 0.05) is 44.6 Å². The van der Waals surface area contributed by atoms with E-state index in [1.54, 1.807) is 18.5 Å². The van der Waals surface area contributed by atoms with E-state index in [1.807, 2.05) is 0 Å². The predicted molar refractivity (Wildman–Crippen MR) is 72.1 cm³/mol. The summed E-state index contributed by atoms with van der Waals surface area (Å²) in [6.45, 7) is 4.35. The maximum Gasteiger partial charge on any atom is 0.318 e. The van der Waals surface area contributed by atoms with Crippen LogP contribution in [0.25, 0.3) is 11.7 Å². The topological polar surface area (TPSA) is 71.2 Å². The fourth-order valence-electron chi connectivity index (χ4n) is 2.97. The molecule has 5 heterocycles.